The summed E-state index contributed by atoms with van der Waals surface area (Å²) in [6, 6.07) is 27.5. The first kappa shape index (κ1) is 26.0. The zero-order valence-corrected chi connectivity index (χ0v) is 21.6. The molecule has 0 radical (unpaired) electrons. The Balaban J connectivity index is 1.39. The van der Waals surface area contributed by atoms with E-state index in [1.165, 1.54) is 0 Å². The average Bonchev–Trinajstić information content (AvgIpc) is 3.01. The van der Waals surface area contributed by atoms with E-state index in [1.807, 2.05) is 60.7 Å². The fourth-order valence-corrected chi connectivity index (χ4v) is 4.19. The second-order valence-corrected chi connectivity index (χ2v) is 8.70. The number of hydrogen-bond donors (Lipinski definition) is 4. The van der Waals surface area contributed by atoms with Gasteiger partial charge >= 0.3 is 0 Å². The van der Waals surface area contributed by atoms with Crippen molar-refractivity contribution in [3.63, 3.8) is 0 Å². The number of aliphatic imine (C=N–C) groups is 2. The molecule has 0 amide bonds. The van der Waals surface area contributed by atoms with Crippen molar-refractivity contribution in [1.82, 2.24) is 20.8 Å². The molecule has 3 aromatic carbocycles. The maximum Gasteiger partial charge on any atom is 0.209 e. The monoisotopic (exact) mass is 528 g/mol. The van der Waals surface area contributed by atoms with Crippen LogP contribution in [0.2, 0.25) is 0 Å². The Kier molecular flexibility index (Phi) is 8.28. The Labute approximate surface area is 231 Å². The highest BCUT2D eigenvalue weighted by atomic mass is 15.4. The highest BCUT2D eigenvalue weighted by Crippen LogP contribution is 2.31. The third-order valence-electron chi connectivity index (χ3n) is 6.04. The van der Waals surface area contributed by atoms with Crippen LogP contribution in [0.25, 0.3) is 21.5 Å². The summed E-state index contributed by atoms with van der Waals surface area (Å²) in [7, 11) is 0. The molecule has 0 saturated carbocycles. The van der Waals surface area contributed by atoms with Gasteiger partial charge in [-0.25, -0.2) is 20.8 Å². The van der Waals surface area contributed by atoms with Gasteiger partial charge in [-0.2, -0.15) is 10.2 Å². The van der Waals surface area contributed by atoms with Crippen LogP contribution in [-0.2, 0) is 13.1 Å². The Hall–Kier alpha value is -5.64. The first-order valence-electron chi connectivity index (χ1n) is 12.6. The molecule has 0 aliphatic heterocycles. The van der Waals surface area contributed by atoms with Crippen LogP contribution < -0.4 is 22.3 Å². The number of guanidine groups is 2. The molecule has 5 rings (SSSR count). The predicted molar refractivity (Wildman–Crippen MR) is 162 cm³/mol. The molecule has 0 fully saturated rings. The number of nitrogens with one attached hydrogen (secondary N) is 2. The Morgan fingerprint density at radius 1 is 0.575 bits per heavy atom. The van der Waals surface area contributed by atoms with Gasteiger partial charge in [0.1, 0.15) is 0 Å². The van der Waals surface area contributed by atoms with Gasteiger partial charge < -0.3 is 11.5 Å². The molecule has 6 N–H and O–H groups in total. The number of rotatable bonds is 8. The number of hydrazone groups is 2. The van der Waals surface area contributed by atoms with Gasteiger partial charge in [0.15, 0.2) is 0 Å². The molecule has 0 atom stereocenters. The van der Waals surface area contributed by atoms with E-state index in [0.29, 0.717) is 13.1 Å². The molecule has 0 aliphatic rings. The second-order valence-electron chi connectivity index (χ2n) is 8.70. The van der Waals surface area contributed by atoms with Crippen molar-refractivity contribution >= 4 is 45.9 Å². The predicted octanol–water partition coefficient (Wildman–Crippen LogP) is 3.66. The van der Waals surface area contributed by atoms with Crippen LogP contribution in [0.1, 0.15) is 22.5 Å². The molecule has 10 nitrogen and oxygen atoms in total. The van der Waals surface area contributed by atoms with Crippen molar-refractivity contribution in [3.05, 3.63) is 120 Å². The fraction of sp³-hybridized carbons (Fsp3) is 0.0667. The maximum absolute atomic E-state index is 6.02. The number of benzene rings is 3. The van der Waals surface area contributed by atoms with Gasteiger partial charge in [-0.05, 0) is 45.8 Å². The lowest BCUT2D eigenvalue weighted by Crippen LogP contribution is -2.27. The van der Waals surface area contributed by atoms with Gasteiger partial charge in [0.25, 0.3) is 0 Å². The van der Waals surface area contributed by atoms with Crippen molar-refractivity contribution < 1.29 is 0 Å². The average molecular weight is 529 g/mol. The van der Waals surface area contributed by atoms with Crippen molar-refractivity contribution in [2.75, 3.05) is 0 Å². The van der Waals surface area contributed by atoms with Crippen molar-refractivity contribution in [2.45, 2.75) is 13.1 Å². The SMILES string of the molecule is NC(=NCc1ccccn1)N/N=C/c1c2ccccc2c(/C=N/NC(N)=NCc2ccccn2)c2ccccc12. The topological polar surface area (TPSA) is 151 Å². The summed E-state index contributed by atoms with van der Waals surface area (Å²) in [5.74, 6) is 0.403. The number of hydrogen-bond acceptors (Lipinski definition) is 6. The number of fused-ring (bicyclic) bond motifs is 2. The molecule has 2 aromatic heterocycles. The van der Waals surface area contributed by atoms with E-state index >= 15 is 0 Å². The second kappa shape index (κ2) is 12.7. The van der Waals surface area contributed by atoms with Crippen LogP contribution in [0.3, 0.4) is 0 Å². The first-order chi connectivity index (χ1) is 19.7. The van der Waals surface area contributed by atoms with Crippen molar-refractivity contribution in [3.8, 4) is 0 Å². The minimum Gasteiger partial charge on any atom is -0.369 e. The van der Waals surface area contributed by atoms with E-state index in [9.17, 15) is 0 Å². The Bertz CT molecular complexity index is 1530. The molecule has 0 bridgehead atoms. The molecule has 0 saturated heterocycles. The van der Waals surface area contributed by atoms with Crippen molar-refractivity contribution in [1.29, 1.82) is 0 Å². The van der Waals surface area contributed by atoms with E-state index in [-0.39, 0.29) is 11.9 Å². The zero-order valence-electron chi connectivity index (χ0n) is 21.6. The van der Waals surface area contributed by atoms with Gasteiger partial charge in [-0.15, -0.1) is 0 Å². The molecule has 2 heterocycles. The van der Waals surface area contributed by atoms with Gasteiger partial charge in [-0.3, -0.25) is 9.97 Å². The van der Waals surface area contributed by atoms with Crippen molar-refractivity contribution in [2.24, 2.45) is 31.7 Å². The lowest BCUT2D eigenvalue weighted by Gasteiger charge is -2.12. The lowest BCUT2D eigenvalue weighted by atomic mass is 9.92. The summed E-state index contributed by atoms with van der Waals surface area (Å²) < 4.78 is 0. The minimum atomic E-state index is 0.202. The fourth-order valence-electron chi connectivity index (χ4n) is 4.19. The van der Waals surface area contributed by atoms with Gasteiger partial charge in [-0.1, -0.05) is 60.7 Å². The summed E-state index contributed by atoms with van der Waals surface area (Å²) >= 11 is 0. The molecule has 198 valence electrons. The van der Waals surface area contributed by atoms with Crippen LogP contribution >= 0.6 is 0 Å². The number of aromatic nitrogens is 2. The Morgan fingerprint density at radius 2 is 0.950 bits per heavy atom. The highest BCUT2D eigenvalue weighted by Gasteiger charge is 2.11. The standard InChI is InChI=1S/C30H28N10/c31-29(35-17-21-9-5-7-15-33-21)39-37-19-27-23-11-1-2-12-24(23)28(26-14-4-3-13-25(26)27)20-38-40-30(32)36-18-22-10-6-8-16-34-22/h1-16,19-20H,17-18H2,(H3,31,35,39)(H3,32,36,40)/b37-19+,38-20+. The quantitative estimate of drug-likeness (QED) is 0.104. The lowest BCUT2D eigenvalue weighted by molar-refractivity contribution is 0.936. The van der Waals surface area contributed by atoms with Gasteiger partial charge in [0.05, 0.1) is 36.9 Å². The molecular weight excluding hydrogens is 500 g/mol. The number of nitrogens with zero attached hydrogens (tertiary/aromatic N) is 6. The molecule has 40 heavy (non-hydrogen) atoms. The normalized spacial score (nSPS) is 12.5. The third kappa shape index (κ3) is 6.43. The summed E-state index contributed by atoms with van der Waals surface area (Å²) in [5, 5.41) is 12.8. The molecule has 0 unspecified atom stereocenters. The van der Waals surface area contributed by atoms with Gasteiger partial charge in [0, 0.05) is 23.5 Å². The summed E-state index contributed by atoms with van der Waals surface area (Å²) in [6.45, 7) is 0.725. The first-order valence-corrected chi connectivity index (χ1v) is 12.6. The third-order valence-corrected chi connectivity index (χ3v) is 6.04. The van der Waals surface area contributed by atoms with Crippen LogP contribution in [0.5, 0.6) is 0 Å². The van der Waals surface area contributed by atoms with Gasteiger partial charge in [0.2, 0.25) is 11.9 Å². The van der Waals surface area contributed by atoms with E-state index in [0.717, 1.165) is 44.1 Å². The summed E-state index contributed by atoms with van der Waals surface area (Å²) in [6.07, 6.45) is 6.96. The molecule has 0 aliphatic carbocycles. The maximum atomic E-state index is 6.02. The summed E-state index contributed by atoms with van der Waals surface area (Å²) in [5.41, 5.74) is 21.2. The van der Waals surface area contributed by atoms with Crippen LogP contribution in [-0.4, -0.2) is 34.3 Å². The van der Waals surface area contributed by atoms with Crippen LogP contribution in [0.15, 0.2) is 118 Å². The number of pyridine rings is 2. The van der Waals surface area contributed by atoms with E-state index in [4.69, 9.17) is 11.5 Å². The largest absolute Gasteiger partial charge is 0.369 e. The number of nitrogens with two attached hydrogens (primary N) is 2. The molecule has 10 heteroatoms. The molecular formula is C30H28N10. The zero-order chi connectivity index (χ0) is 27.6. The molecule has 5 aromatic rings. The van der Waals surface area contributed by atoms with E-state index in [1.54, 1.807) is 24.8 Å². The summed E-state index contributed by atoms with van der Waals surface area (Å²) in [4.78, 5) is 17.1. The highest BCUT2D eigenvalue weighted by molar-refractivity contribution is 6.21. The minimum absolute atomic E-state index is 0.202. The van der Waals surface area contributed by atoms with E-state index < -0.39 is 0 Å². The Morgan fingerprint density at radius 3 is 1.30 bits per heavy atom. The van der Waals surface area contributed by atoms with E-state index in [2.05, 4.69) is 65.3 Å². The van der Waals surface area contributed by atoms with Crippen LogP contribution in [0.4, 0.5) is 0 Å². The molecule has 0 spiro atoms. The smallest absolute Gasteiger partial charge is 0.209 e. The van der Waals surface area contributed by atoms with Crippen LogP contribution in [0, 0.1) is 0 Å².